The van der Waals surface area contributed by atoms with Crippen molar-refractivity contribution in [2.45, 2.75) is 26.4 Å². The number of Topliss-reactive ketones (excluding diaryl/α,β-unsaturated/α-hetero) is 1. The minimum absolute atomic E-state index is 0.269. The Balaban J connectivity index is 3.14. The van der Waals surface area contributed by atoms with Crippen LogP contribution in [0.25, 0.3) is 0 Å². The van der Waals surface area contributed by atoms with Crippen molar-refractivity contribution in [2.24, 2.45) is 0 Å². The third-order valence-corrected chi connectivity index (χ3v) is 2.40. The number of carbonyl (C=O) groups excluding carboxylic acids is 2. The van der Waals surface area contributed by atoms with Crippen LogP contribution in [-0.2, 0) is 9.53 Å². The van der Waals surface area contributed by atoms with Gasteiger partial charge in [0.1, 0.15) is 17.0 Å². The number of benzene rings is 1. The van der Waals surface area contributed by atoms with E-state index in [0.717, 1.165) is 0 Å². The summed E-state index contributed by atoms with van der Waals surface area (Å²) in [7, 11) is 0. The molecule has 0 aliphatic rings. The van der Waals surface area contributed by atoms with Gasteiger partial charge in [-0.3, -0.25) is 14.9 Å². The van der Waals surface area contributed by atoms with E-state index in [0.29, 0.717) is 6.07 Å². The van der Waals surface area contributed by atoms with Gasteiger partial charge in [-0.2, -0.15) is 4.39 Å². The molecule has 1 aromatic rings. The minimum Gasteiger partial charge on any atom is -0.456 e. The van der Waals surface area contributed by atoms with Crippen molar-refractivity contribution < 1.29 is 28.0 Å². The van der Waals surface area contributed by atoms with Crippen molar-refractivity contribution in [3.63, 3.8) is 0 Å². The van der Waals surface area contributed by atoms with Gasteiger partial charge in [-0.1, -0.05) is 6.58 Å². The molecular formula is C14H13F2NO5. The van der Waals surface area contributed by atoms with Crippen molar-refractivity contribution in [1.82, 2.24) is 0 Å². The van der Waals surface area contributed by atoms with Crippen LogP contribution in [-0.4, -0.2) is 22.3 Å². The summed E-state index contributed by atoms with van der Waals surface area (Å²) in [5, 5.41) is 10.5. The molecule has 6 nitrogen and oxygen atoms in total. The number of carbonyl (C=O) groups is 2. The second-order valence-corrected chi connectivity index (χ2v) is 5.35. The summed E-state index contributed by atoms with van der Waals surface area (Å²) < 4.78 is 32.1. The number of nitro benzene ring substituents is 1. The number of ether oxygens (including phenoxy) is 1. The van der Waals surface area contributed by atoms with Crippen LogP contribution in [0, 0.1) is 21.7 Å². The van der Waals surface area contributed by atoms with E-state index in [-0.39, 0.29) is 6.07 Å². The topological polar surface area (TPSA) is 86.5 Å². The van der Waals surface area contributed by atoms with Gasteiger partial charge in [0.25, 0.3) is 0 Å². The predicted octanol–water partition coefficient (Wildman–Crippen LogP) is 2.95. The highest BCUT2D eigenvalue weighted by Gasteiger charge is 2.28. The molecule has 0 aliphatic carbocycles. The number of ketones is 1. The zero-order chi connectivity index (χ0) is 17.2. The molecule has 0 bridgehead atoms. The lowest BCUT2D eigenvalue weighted by atomic mass is 10.0. The Labute approximate surface area is 124 Å². The lowest BCUT2D eigenvalue weighted by Crippen LogP contribution is -2.27. The molecule has 0 N–H and O–H groups in total. The van der Waals surface area contributed by atoms with Gasteiger partial charge in [0.2, 0.25) is 11.6 Å². The largest absolute Gasteiger partial charge is 0.456 e. The van der Waals surface area contributed by atoms with Crippen LogP contribution in [0.15, 0.2) is 24.3 Å². The van der Waals surface area contributed by atoms with Gasteiger partial charge in [-0.15, -0.1) is 0 Å². The van der Waals surface area contributed by atoms with E-state index in [1.54, 1.807) is 20.8 Å². The van der Waals surface area contributed by atoms with E-state index in [9.17, 15) is 28.5 Å². The quantitative estimate of drug-likeness (QED) is 0.162. The number of rotatable bonds is 4. The van der Waals surface area contributed by atoms with Crippen LogP contribution in [0.4, 0.5) is 14.5 Å². The number of nitro groups is 1. The van der Waals surface area contributed by atoms with E-state index in [4.69, 9.17) is 4.74 Å². The molecule has 0 fully saturated rings. The van der Waals surface area contributed by atoms with E-state index < -0.39 is 50.7 Å². The Bertz CT molecular complexity index is 677. The van der Waals surface area contributed by atoms with Crippen molar-refractivity contribution >= 4 is 17.4 Å². The Kier molecular flexibility index (Phi) is 4.75. The zero-order valence-electron chi connectivity index (χ0n) is 12.1. The maximum atomic E-state index is 13.7. The first-order valence-corrected chi connectivity index (χ1v) is 6.04. The van der Waals surface area contributed by atoms with Crippen LogP contribution >= 0.6 is 0 Å². The molecule has 0 saturated carbocycles. The maximum absolute atomic E-state index is 13.7. The SMILES string of the molecule is C=C(C(=O)OC(C)(C)C)C(=O)c1cc(F)c([N+](=O)[O-])cc1F. The van der Waals surface area contributed by atoms with Crippen LogP contribution in [0.2, 0.25) is 0 Å². The van der Waals surface area contributed by atoms with Crippen molar-refractivity contribution in [2.75, 3.05) is 0 Å². The molecule has 0 radical (unpaired) electrons. The highest BCUT2D eigenvalue weighted by atomic mass is 19.1. The van der Waals surface area contributed by atoms with Gasteiger partial charge in [0.15, 0.2) is 0 Å². The van der Waals surface area contributed by atoms with Gasteiger partial charge >= 0.3 is 11.7 Å². The van der Waals surface area contributed by atoms with Gasteiger partial charge in [0.05, 0.1) is 16.6 Å². The molecule has 22 heavy (non-hydrogen) atoms. The van der Waals surface area contributed by atoms with Crippen LogP contribution in [0.3, 0.4) is 0 Å². The Morgan fingerprint density at radius 3 is 2.23 bits per heavy atom. The molecule has 0 aliphatic heterocycles. The summed E-state index contributed by atoms with van der Waals surface area (Å²) >= 11 is 0. The molecule has 0 aromatic heterocycles. The zero-order valence-corrected chi connectivity index (χ0v) is 12.1. The standard InChI is InChI=1S/C14H13F2NO5/c1-7(13(19)22-14(2,3)4)12(18)8-5-10(16)11(17(20)21)6-9(8)15/h5-6H,1H2,2-4H3. The van der Waals surface area contributed by atoms with Crippen LogP contribution in [0.1, 0.15) is 31.1 Å². The third kappa shape index (κ3) is 3.94. The summed E-state index contributed by atoms with van der Waals surface area (Å²) in [6, 6.07) is 0.621. The first-order chi connectivity index (χ1) is 9.94. The molecule has 118 valence electrons. The first-order valence-electron chi connectivity index (χ1n) is 6.04. The fraction of sp³-hybridized carbons (Fsp3) is 0.286. The van der Waals surface area contributed by atoms with Crippen molar-refractivity contribution in [3.05, 3.63) is 51.6 Å². The molecule has 8 heteroatoms. The van der Waals surface area contributed by atoms with Gasteiger partial charge < -0.3 is 4.74 Å². The van der Waals surface area contributed by atoms with E-state index in [1.807, 2.05) is 0 Å². The average molecular weight is 313 g/mol. The highest BCUT2D eigenvalue weighted by molar-refractivity contribution is 6.23. The lowest BCUT2D eigenvalue weighted by Gasteiger charge is -2.19. The summed E-state index contributed by atoms with van der Waals surface area (Å²) in [6.45, 7) is 7.85. The first kappa shape index (κ1) is 17.4. The molecule has 1 rings (SSSR count). The molecule has 0 atom stereocenters. The molecule has 0 heterocycles. The molecule has 0 unspecified atom stereocenters. The molecule has 1 aromatic carbocycles. The van der Waals surface area contributed by atoms with E-state index in [1.165, 1.54) is 0 Å². The average Bonchev–Trinajstić information content (AvgIpc) is 2.36. The maximum Gasteiger partial charge on any atom is 0.342 e. The summed E-state index contributed by atoms with van der Waals surface area (Å²) in [5.41, 5.74) is -3.56. The fourth-order valence-corrected chi connectivity index (χ4v) is 1.45. The van der Waals surface area contributed by atoms with Gasteiger partial charge in [-0.25, -0.2) is 9.18 Å². The van der Waals surface area contributed by atoms with Crippen molar-refractivity contribution in [1.29, 1.82) is 0 Å². The molecule has 0 saturated heterocycles. The van der Waals surface area contributed by atoms with Crippen LogP contribution < -0.4 is 0 Å². The van der Waals surface area contributed by atoms with E-state index in [2.05, 4.69) is 6.58 Å². The second kappa shape index (κ2) is 6.00. The number of halogens is 2. The summed E-state index contributed by atoms with van der Waals surface area (Å²) in [4.78, 5) is 33.0. The molecule has 0 amide bonds. The van der Waals surface area contributed by atoms with Gasteiger partial charge in [0, 0.05) is 0 Å². The van der Waals surface area contributed by atoms with Gasteiger partial charge in [-0.05, 0) is 26.8 Å². The Morgan fingerprint density at radius 1 is 1.23 bits per heavy atom. The minimum atomic E-state index is -1.40. The fourth-order valence-electron chi connectivity index (χ4n) is 1.45. The summed E-state index contributed by atoms with van der Waals surface area (Å²) in [6.07, 6.45) is 0. The Hall–Kier alpha value is -2.64. The third-order valence-electron chi connectivity index (χ3n) is 2.40. The number of hydrogen-bond donors (Lipinski definition) is 0. The number of hydrogen-bond acceptors (Lipinski definition) is 5. The monoisotopic (exact) mass is 313 g/mol. The van der Waals surface area contributed by atoms with Crippen molar-refractivity contribution in [3.8, 4) is 0 Å². The second-order valence-electron chi connectivity index (χ2n) is 5.35. The molecule has 0 spiro atoms. The summed E-state index contributed by atoms with van der Waals surface area (Å²) in [5.74, 6) is -5.02. The highest BCUT2D eigenvalue weighted by Crippen LogP contribution is 2.23. The normalized spacial score (nSPS) is 11.0. The predicted molar refractivity (Wildman–Crippen MR) is 72.3 cm³/mol. The lowest BCUT2D eigenvalue weighted by molar-refractivity contribution is -0.387. The Morgan fingerprint density at radius 2 is 1.77 bits per heavy atom. The van der Waals surface area contributed by atoms with E-state index >= 15 is 0 Å². The smallest absolute Gasteiger partial charge is 0.342 e. The molecular weight excluding hydrogens is 300 g/mol. The number of esters is 1. The number of nitrogens with zero attached hydrogens (tertiary/aromatic N) is 1. The van der Waals surface area contributed by atoms with Crippen LogP contribution in [0.5, 0.6) is 0 Å².